The molecule has 1 aromatic heterocycles. The van der Waals surface area contributed by atoms with Crippen molar-refractivity contribution in [3.05, 3.63) is 35.5 Å². The van der Waals surface area contributed by atoms with Gasteiger partial charge < -0.3 is 10.1 Å². The van der Waals surface area contributed by atoms with E-state index in [4.69, 9.17) is 4.74 Å². The Morgan fingerprint density at radius 1 is 1.33 bits per heavy atom. The lowest BCUT2D eigenvalue weighted by Gasteiger charge is -2.19. The average molecular weight is 343 g/mol. The number of nitrogens with zero attached hydrogens (tertiary/aromatic N) is 1. The lowest BCUT2D eigenvalue weighted by Crippen LogP contribution is -2.43. The standard InChI is InChI=1S/C18H21N3O2S/c1-10-3-5-13(11(2)7-10)16-9-19-18(24-16)21-17(22)20-14-8-12-4-6-15(14)23-12/h3,5,7,9,12,14-15H,4,6,8H2,1-2H3,(H2,19,20,21,22)/t12-,14+,15-/m1/s1. The summed E-state index contributed by atoms with van der Waals surface area (Å²) in [5, 5.41) is 6.49. The minimum Gasteiger partial charge on any atom is -0.373 e. The zero-order valence-electron chi connectivity index (χ0n) is 13.8. The van der Waals surface area contributed by atoms with Crippen LogP contribution in [0.2, 0.25) is 0 Å². The number of hydrogen-bond acceptors (Lipinski definition) is 4. The second-order valence-electron chi connectivity index (χ2n) is 6.66. The predicted molar refractivity (Wildman–Crippen MR) is 95.5 cm³/mol. The first-order valence-corrected chi connectivity index (χ1v) is 9.16. The van der Waals surface area contributed by atoms with Gasteiger partial charge in [0, 0.05) is 6.20 Å². The van der Waals surface area contributed by atoms with Crippen LogP contribution in [0.3, 0.4) is 0 Å². The van der Waals surface area contributed by atoms with Crippen molar-refractivity contribution in [3.8, 4) is 10.4 Å². The molecule has 2 N–H and O–H groups in total. The molecule has 1 aromatic carbocycles. The molecule has 0 radical (unpaired) electrons. The Hall–Kier alpha value is -1.92. The third-order valence-electron chi connectivity index (χ3n) is 4.80. The van der Waals surface area contributed by atoms with Gasteiger partial charge in [-0.1, -0.05) is 35.1 Å². The SMILES string of the molecule is Cc1ccc(-c2cnc(NC(=O)N[C@H]3C[C@H]4CC[C@H]3O4)s2)c(C)c1. The number of nitrogens with one attached hydrogen (secondary N) is 2. The number of carbonyl (C=O) groups excluding carboxylic acids is 1. The summed E-state index contributed by atoms with van der Waals surface area (Å²) in [6.45, 7) is 4.18. The van der Waals surface area contributed by atoms with Crippen LogP contribution in [0.15, 0.2) is 24.4 Å². The summed E-state index contributed by atoms with van der Waals surface area (Å²) in [7, 11) is 0. The summed E-state index contributed by atoms with van der Waals surface area (Å²) >= 11 is 1.49. The monoisotopic (exact) mass is 343 g/mol. The van der Waals surface area contributed by atoms with Crippen LogP contribution < -0.4 is 10.6 Å². The number of anilines is 1. The predicted octanol–water partition coefficient (Wildman–Crippen LogP) is 3.87. The number of amides is 2. The molecule has 0 aliphatic carbocycles. The Morgan fingerprint density at radius 3 is 2.92 bits per heavy atom. The highest BCUT2D eigenvalue weighted by atomic mass is 32.1. The Labute approximate surface area is 145 Å². The molecule has 6 heteroatoms. The molecule has 24 heavy (non-hydrogen) atoms. The van der Waals surface area contributed by atoms with Crippen molar-refractivity contribution in [2.75, 3.05) is 5.32 Å². The maximum Gasteiger partial charge on any atom is 0.321 e. The number of thiazole rings is 1. The van der Waals surface area contributed by atoms with Crippen molar-refractivity contribution in [2.45, 2.75) is 51.4 Å². The first-order valence-electron chi connectivity index (χ1n) is 8.35. The summed E-state index contributed by atoms with van der Waals surface area (Å²) in [5.41, 5.74) is 3.62. The maximum absolute atomic E-state index is 12.2. The number of rotatable bonds is 3. The van der Waals surface area contributed by atoms with Crippen LogP contribution in [0.5, 0.6) is 0 Å². The van der Waals surface area contributed by atoms with E-state index < -0.39 is 0 Å². The van der Waals surface area contributed by atoms with Crippen molar-refractivity contribution in [1.82, 2.24) is 10.3 Å². The fraction of sp³-hybridized carbons (Fsp3) is 0.444. The molecule has 0 saturated carbocycles. The van der Waals surface area contributed by atoms with Gasteiger partial charge in [0.2, 0.25) is 0 Å². The van der Waals surface area contributed by atoms with Gasteiger partial charge in [-0.15, -0.1) is 0 Å². The molecule has 2 aliphatic rings. The second kappa shape index (κ2) is 6.18. The maximum atomic E-state index is 12.2. The van der Waals surface area contributed by atoms with E-state index >= 15 is 0 Å². The van der Waals surface area contributed by atoms with Crippen molar-refractivity contribution in [1.29, 1.82) is 0 Å². The van der Waals surface area contributed by atoms with Crippen LogP contribution in [0, 0.1) is 13.8 Å². The van der Waals surface area contributed by atoms with Crippen LogP contribution >= 0.6 is 11.3 Å². The van der Waals surface area contributed by atoms with Crippen LogP contribution in [-0.2, 0) is 4.74 Å². The molecule has 3 heterocycles. The topological polar surface area (TPSA) is 63.2 Å². The van der Waals surface area contributed by atoms with Crippen LogP contribution in [0.4, 0.5) is 9.93 Å². The molecular weight excluding hydrogens is 322 g/mol. The third kappa shape index (κ3) is 3.03. The molecule has 2 amide bonds. The van der Waals surface area contributed by atoms with E-state index in [2.05, 4.69) is 47.7 Å². The number of fused-ring (bicyclic) bond motifs is 2. The van der Waals surface area contributed by atoms with Gasteiger partial charge in [-0.05, 0) is 44.2 Å². The smallest absolute Gasteiger partial charge is 0.321 e. The number of aromatic nitrogens is 1. The summed E-state index contributed by atoms with van der Waals surface area (Å²) in [4.78, 5) is 17.6. The highest BCUT2D eigenvalue weighted by molar-refractivity contribution is 7.19. The number of benzene rings is 1. The van der Waals surface area contributed by atoms with Crippen molar-refractivity contribution >= 4 is 22.5 Å². The number of hydrogen-bond donors (Lipinski definition) is 2. The summed E-state index contributed by atoms with van der Waals surface area (Å²) in [5.74, 6) is 0. The first-order chi connectivity index (χ1) is 11.6. The van der Waals surface area contributed by atoms with Gasteiger partial charge in [-0.3, -0.25) is 5.32 Å². The first kappa shape index (κ1) is 15.6. The lowest BCUT2D eigenvalue weighted by atomic mass is 9.96. The largest absolute Gasteiger partial charge is 0.373 e. The van der Waals surface area contributed by atoms with E-state index in [-0.39, 0.29) is 18.2 Å². The van der Waals surface area contributed by atoms with Crippen LogP contribution in [0.1, 0.15) is 30.4 Å². The Kier molecular flexibility index (Phi) is 4.02. The van der Waals surface area contributed by atoms with Gasteiger partial charge in [0.1, 0.15) is 0 Å². The van der Waals surface area contributed by atoms with Crippen LogP contribution in [-0.4, -0.2) is 29.3 Å². The number of aryl methyl sites for hydroxylation is 2. The van der Waals surface area contributed by atoms with Crippen LogP contribution in [0.25, 0.3) is 10.4 Å². The van der Waals surface area contributed by atoms with Gasteiger partial charge in [0.15, 0.2) is 5.13 Å². The molecule has 0 spiro atoms. The number of urea groups is 1. The van der Waals surface area contributed by atoms with Gasteiger partial charge in [0.25, 0.3) is 0 Å². The summed E-state index contributed by atoms with van der Waals surface area (Å²) in [6, 6.07) is 6.29. The highest BCUT2D eigenvalue weighted by Gasteiger charge is 2.41. The van der Waals surface area contributed by atoms with E-state index in [0.717, 1.165) is 29.7 Å². The molecule has 0 unspecified atom stereocenters. The summed E-state index contributed by atoms with van der Waals surface area (Å²) < 4.78 is 5.77. The number of carbonyl (C=O) groups is 1. The zero-order valence-corrected chi connectivity index (χ0v) is 14.7. The van der Waals surface area contributed by atoms with Gasteiger partial charge >= 0.3 is 6.03 Å². The van der Waals surface area contributed by atoms with E-state index in [9.17, 15) is 4.79 Å². The van der Waals surface area contributed by atoms with Crippen molar-refractivity contribution in [3.63, 3.8) is 0 Å². The minimum absolute atomic E-state index is 0.127. The van der Waals surface area contributed by atoms with Gasteiger partial charge in [-0.25, -0.2) is 9.78 Å². The molecule has 2 saturated heterocycles. The molecule has 4 rings (SSSR count). The Balaban J connectivity index is 1.40. The van der Waals surface area contributed by atoms with Gasteiger partial charge in [-0.2, -0.15) is 0 Å². The van der Waals surface area contributed by atoms with E-state index in [1.807, 2.05) is 6.20 Å². The molecule has 126 valence electrons. The second-order valence-corrected chi connectivity index (χ2v) is 7.69. The average Bonchev–Trinajstić information content (AvgIpc) is 3.24. The summed E-state index contributed by atoms with van der Waals surface area (Å²) in [6.07, 6.45) is 5.42. The molecule has 5 nitrogen and oxygen atoms in total. The van der Waals surface area contributed by atoms with Crippen molar-refractivity contribution in [2.24, 2.45) is 0 Å². The zero-order chi connectivity index (χ0) is 16.7. The number of ether oxygens (including phenoxy) is 1. The van der Waals surface area contributed by atoms with E-state index in [0.29, 0.717) is 11.2 Å². The normalized spacial score (nSPS) is 25.0. The third-order valence-corrected chi connectivity index (χ3v) is 5.74. The van der Waals surface area contributed by atoms with Crippen molar-refractivity contribution < 1.29 is 9.53 Å². The van der Waals surface area contributed by atoms with Gasteiger partial charge in [0.05, 0.1) is 23.1 Å². The van der Waals surface area contributed by atoms with E-state index in [1.165, 1.54) is 22.5 Å². The van der Waals surface area contributed by atoms with E-state index in [1.54, 1.807) is 0 Å². The fourth-order valence-corrected chi connectivity index (χ4v) is 4.54. The minimum atomic E-state index is -0.197. The quantitative estimate of drug-likeness (QED) is 0.889. The fourth-order valence-electron chi connectivity index (χ4n) is 3.64. The molecule has 3 atom stereocenters. The molecule has 2 bridgehead atoms. The lowest BCUT2D eigenvalue weighted by molar-refractivity contribution is 0.0984. The molecule has 2 aliphatic heterocycles. The molecule has 2 aromatic rings. The highest BCUT2D eigenvalue weighted by Crippen LogP contribution is 2.35. The molecule has 2 fully saturated rings. The Morgan fingerprint density at radius 2 is 2.21 bits per heavy atom. The Bertz CT molecular complexity index is 773. The molecular formula is C18H21N3O2S.